The number of carbonyl (C=O) groups is 1. The van der Waals surface area contributed by atoms with Gasteiger partial charge in [0.25, 0.3) is 15.9 Å². The Morgan fingerprint density at radius 1 is 1.03 bits per heavy atom. The summed E-state index contributed by atoms with van der Waals surface area (Å²) >= 11 is 0. The average Bonchev–Trinajstić information content (AvgIpc) is 2.91. The molecule has 7 nitrogen and oxygen atoms in total. The van der Waals surface area contributed by atoms with E-state index >= 15 is 0 Å². The van der Waals surface area contributed by atoms with Gasteiger partial charge in [-0.3, -0.25) is 14.0 Å². The van der Waals surface area contributed by atoms with Gasteiger partial charge in [-0.15, -0.1) is 0 Å². The Morgan fingerprint density at radius 3 is 2.39 bits per heavy atom. The van der Waals surface area contributed by atoms with Gasteiger partial charge in [0.1, 0.15) is 5.82 Å². The van der Waals surface area contributed by atoms with Gasteiger partial charge in [0.2, 0.25) is 0 Å². The number of benzene rings is 3. The summed E-state index contributed by atoms with van der Waals surface area (Å²) in [5.41, 5.74) is 1.69. The van der Waals surface area contributed by atoms with E-state index in [1.165, 1.54) is 28.6 Å². The van der Waals surface area contributed by atoms with Crippen LogP contribution >= 0.6 is 0 Å². The van der Waals surface area contributed by atoms with E-state index in [0.717, 1.165) is 5.56 Å². The van der Waals surface area contributed by atoms with E-state index in [-0.39, 0.29) is 41.3 Å². The van der Waals surface area contributed by atoms with Crippen molar-refractivity contribution in [2.24, 2.45) is 0 Å². The third kappa shape index (κ3) is 5.92. The highest BCUT2D eigenvalue weighted by Gasteiger charge is 2.26. The number of morpholine rings is 1. The Balaban J connectivity index is 1.52. The summed E-state index contributed by atoms with van der Waals surface area (Å²) in [5.74, 6) is -0.701. The second-order valence-corrected chi connectivity index (χ2v) is 10.3. The number of para-hydroxylation sites is 1. The third-order valence-electron chi connectivity index (χ3n) is 6.21. The van der Waals surface area contributed by atoms with Gasteiger partial charge in [0.05, 0.1) is 29.8 Å². The Hall–Kier alpha value is -3.27. The van der Waals surface area contributed by atoms with Gasteiger partial charge in [-0.05, 0) is 55.0 Å². The molecule has 0 bridgehead atoms. The Morgan fingerprint density at radius 2 is 1.72 bits per heavy atom. The molecule has 9 heteroatoms. The van der Waals surface area contributed by atoms with Gasteiger partial charge in [0, 0.05) is 31.7 Å². The summed E-state index contributed by atoms with van der Waals surface area (Å²) in [7, 11) is -3.86. The molecule has 3 aromatic carbocycles. The molecule has 0 unspecified atom stereocenters. The smallest absolute Gasteiger partial charge is 0.264 e. The molecule has 1 aliphatic heterocycles. The SMILES string of the molecule is CCN(c1ccccc1)S(=O)(=O)c1cccc(C(=O)NC[C@H](c2ccc(F)cc2)N2CCOCC2)c1. The number of anilines is 1. The highest BCUT2D eigenvalue weighted by atomic mass is 32.2. The number of hydrogen-bond acceptors (Lipinski definition) is 5. The zero-order valence-electron chi connectivity index (χ0n) is 20.1. The van der Waals surface area contributed by atoms with Crippen LogP contribution in [-0.2, 0) is 14.8 Å². The first-order chi connectivity index (χ1) is 17.4. The van der Waals surface area contributed by atoms with E-state index in [1.807, 2.05) is 6.07 Å². The quantitative estimate of drug-likeness (QED) is 0.472. The van der Waals surface area contributed by atoms with E-state index < -0.39 is 10.0 Å². The van der Waals surface area contributed by atoms with Crippen LogP contribution in [0.4, 0.5) is 10.1 Å². The highest BCUT2D eigenvalue weighted by molar-refractivity contribution is 7.92. The van der Waals surface area contributed by atoms with Crippen molar-refractivity contribution in [3.63, 3.8) is 0 Å². The minimum atomic E-state index is -3.86. The van der Waals surface area contributed by atoms with Crippen LogP contribution in [0.3, 0.4) is 0 Å². The maximum Gasteiger partial charge on any atom is 0.264 e. The van der Waals surface area contributed by atoms with E-state index in [9.17, 15) is 17.6 Å². The first kappa shape index (κ1) is 25.8. The molecule has 0 saturated carbocycles. The predicted octanol–water partition coefficient (Wildman–Crippen LogP) is 3.84. The minimum absolute atomic E-state index is 0.0455. The van der Waals surface area contributed by atoms with E-state index in [1.54, 1.807) is 55.5 Å². The molecule has 1 amide bonds. The number of halogens is 1. The number of rotatable bonds is 9. The molecular weight excluding hydrogens is 481 g/mol. The fourth-order valence-electron chi connectivity index (χ4n) is 4.33. The van der Waals surface area contributed by atoms with Crippen molar-refractivity contribution in [1.29, 1.82) is 0 Å². The van der Waals surface area contributed by atoms with Crippen LogP contribution in [0.15, 0.2) is 83.8 Å². The second-order valence-electron chi connectivity index (χ2n) is 8.46. The Bertz CT molecular complexity index is 1260. The molecular formula is C27H30FN3O4S. The lowest BCUT2D eigenvalue weighted by molar-refractivity contribution is 0.0162. The van der Waals surface area contributed by atoms with Crippen LogP contribution in [0, 0.1) is 5.82 Å². The van der Waals surface area contributed by atoms with Crippen molar-refractivity contribution >= 4 is 21.6 Å². The molecule has 0 radical (unpaired) electrons. The van der Waals surface area contributed by atoms with Crippen molar-refractivity contribution in [3.05, 3.63) is 95.8 Å². The van der Waals surface area contributed by atoms with Crippen molar-refractivity contribution < 1.29 is 22.3 Å². The van der Waals surface area contributed by atoms with Gasteiger partial charge in [-0.25, -0.2) is 12.8 Å². The van der Waals surface area contributed by atoms with Gasteiger partial charge in [-0.2, -0.15) is 0 Å². The topological polar surface area (TPSA) is 79.0 Å². The number of carbonyl (C=O) groups excluding carboxylic acids is 1. The molecule has 0 aliphatic carbocycles. The molecule has 1 fully saturated rings. The number of nitrogens with zero attached hydrogens (tertiary/aromatic N) is 2. The molecule has 1 atom stereocenters. The first-order valence-electron chi connectivity index (χ1n) is 11.9. The second kappa shape index (κ2) is 11.6. The standard InChI is InChI=1S/C27H30FN3O4S/c1-2-31(24-8-4-3-5-9-24)36(33,34)25-10-6-7-22(19-25)27(32)29-20-26(30-15-17-35-18-16-30)21-11-13-23(28)14-12-21/h3-14,19,26H,2,15-18,20H2,1H3,(H,29,32)/t26-/m1/s1. The lowest BCUT2D eigenvalue weighted by Crippen LogP contribution is -2.43. The van der Waals surface area contributed by atoms with Crippen molar-refractivity contribution in [2.45, 2.75) is 17.9 Å². The molecule has 1 N–H and O–H groups in total. The lowest BCUT2D eigenvalue weighted by Gasteiger charge is -2.35. The molecule has 1 saturated heterocycles. The summed E-state index contributed by atoms with van der Waals surface area (Å²) in [6.07, 6.45) is 0. The van der Waals surface area contributed by atoms with Gasteiger partial charge >= 0.3 is 0 Å². The largest absolute Gasteiger partial charge is 0.379 e. The number of hydrogen-bond donors (Lipinski definition) is 1. The molecule has 3 aromatic rings. The number of amides is 1. The zero-order chi connectivity index (χ0) is 25.5. The van der Waals surface area contributed by atoms with Crippen LogP contribution in [-0.4, -0.2) is 58.6 Å². The van der Waals surface area contributed by atoms with Gasteiger partial charge in [-0.1, -0.05) is 36.4 Å². The fraction of sp³-hybridized carbons (Fsp3) is 0.296. The van der Waals surface area contributed by atoms with Gasteiger partial charge < -0.3 is 10.1 Å². The molecule has 1 heterocycles. The van der Waals surface area contributed by atoms with Crippen LogP contribution in [0.5, 0.6) is 0 Å². The molecule has 1 aliphatic rings. The summed E-state index contributed by atoms with van der Waals surface area (Å²) in [4.78, 5) is 15.3. The van der Waals surface area contributed by atoms with Crippen molar-refractivity contribution in [2.75, 3.05) is 43.7 Å². The molecule has 0 aromatic heterocycles. The first-order valence-corrected chi connectivity index (χ1v) is 13.4. The van der Waals surface area contributed by atoms with Crippen molar-refractivity contribution in [1.82, 2.24) is 10.2 Å². The third-order valence-corrected chi connectivity index (χ3v) is 8.11. The maximum atomic E-state index is 13.5. The van der Waals surface area contributed by atoms with E-state index in [0.29, 0.717) is 32.0 Å². The number of ether oxygens (including phenoxy) is 1. The summed E-state index contributed by atoms with van der Waals surface area (Å²) in [6.45, 7) is 4.86. The van der Waals surface area contributed by atoms with Gasteiger partial charge in [0.15, 0.2) is 0 Å². The molecule has 0 spiro atoms. The lowest BCUT2D eigenvalue weighted by atomic mass is 10.0. The van der Waals surface area contributed by atoms with Crippen LogP contribution in [0.25, 0.3) is 0 Å². The van der Waals surface area contributed by atoms with Crippen LogP contribution in [0.2, 0.25) is 0 Å². The Kier molecular flexibility index (Phi) is 8.35. The van der Waals surface area contributed by atoms with Crippen LogP contribution in [0.1, 0.15) is 28.9 Å². The number of sulfonamides is 1. The molecule has 36 heavy (non-hydrogen) atoms. The minimum Gasteiger partial charge on any atom is -0.379 e. The Labute approximate surface area is 211 Å². The monoisotopic (exact) mass is 511 g/mol. The average molecular weight is 512 g/mol. The zero-order valence-corrected chi connectivity index (χ0v) is 21.0. The number of nitrogens with one attached hydrogen (secondary N) is 1. The molecule has 190 valence electrons. The summed E-state index contributed by atoms with van der Waals surface area (Å²) in [6, 6.07) is 21.0. The molecule has 4 rings (SSSR count). The highest BCUT2D eigenvalue weighted by Crippen LogP contribution is 2.25. The van der Waals surface area contributed by atoms with E-state index in [2.05, 4.69) is 10.2 Å². The normalized spacial score (nSPS) is 15.3. The maximum absolute atomic E-state index is 13.5. The van der Waals surface area contributed by atoms with E-state index in [4.69, 9.17) is 4.74 Å². The summed E-state index contributed by atoms with van der Waals surface area (Å²) in [5, 5.41) is 2.94. The fourth-order valence-corrected chi connectivity index (χ4v) is 5.85. The van der Waals surface area contributed by atoms with Crippen molar-refractivity contribution in [3.8, 4) is 0 Å². The summed E-state index contributed by atoms with van der Waals surface area (Å²) < 4.78 is 47.0. The van der Waals surface area contributed by atoms with Crippen LogP contribution < -0.4 is 9.62 Å². The predicted molar refractivity (Wildman–Crippen MR) is 137 cm³/mol.